The molecule has 0 unspecified atom stereocenters. The van der Waals surface area contributed by atoms with Crippen LogP contribution in [0.2, 0.25) is 0 Å². The van der Waals surface area contributed by atoms with E-state index in [0.717, 1.165) is 55.6 Å². The van der Waals surface area contributed by atoms with E-state index in [9.17, 15) is 67.2 Å². The van der Waals surface area contributed by atoms with Crippen LogP contribution >= 0.6 is 111 Å². The number of hydrogen-bond donors (Lipinski definition) is 12. The Kier molecular flexibility index (Phi) is 72.2. The van der Waals surface area contributed by atoms with Gasteiger partial charge >= 0.3 is 11.9 Å². The molecule has 10 rings (SSSR count). The van der Waals surface area contributed by atoms with E-state index in [1.54, 1.807) is 31.7 Å². The fraction of sp³-hybridized carbons (Fsp3) is 0.483. The second-order valence-corrected chi connectivity index (χ2v) is 36.9. The summed E-state index contributed by atoms with van der Waals surface area (Å²) >= 11 is 17.0. The van der Waals surface area contributed by atoms with Crippen molar-refractivity contribution in [3.8, 4) is 0 Å². The molecule has 150 heavy (non-hydrogen) atoms. The number of ketones is 4. The maximum Gasteiger partial charge on any atom is 0.313 e. The predicted molar refractivity (Wildman–Crippen MR) is 549 cm³/mol. The first-order valence-electron chi connectivity index (χ1n) is 45.9. The predicted octanol–water partition coefficient (Wildman–Crippen LogP) is 14.6. The highest BCUT2D eigenvalue weighted by molar-refractivity contribution is 9.11. The Bertz CT molecular complexity index is 5490. The highest BCUT2D eigenvalue weighted by Gasteiger charge is 2.24. The van der Waals surface area contributed by atoms with Gasteiger partial charge in [0.15, 0.2) is 72.0 Å². The topological polar surface area (TPSA) is 662 Å². The van der Waals surface area contributed by atoms with Crippen LogP contribution in [0.4, 0.5) is 40.3 Å². The first kappa shape index (κ1) is 130. The first-order valence-corrected chi connectivity index (χ1v) is 53.0. The van der Waals surface area contributed by atoms with Gasteiger partial charge in [-0.3, -0.25) is 71.5 Å². The molecular weight excluding hydrogens is 2330 g/mol. The number of carbonyl (C=O) groups is 6. The van der Waals surface area contributed by atoms with E-state index in [1.165, 1.54) is 96.3 Å². The number of hydrogen-bond acceptors (Lipinski definition) is 45. The molecule has 6 heterocycles. The van der Waals surface area contributed by atoms with Crippen LogP contribution < -0.4 is 21.9 Å². The molecule has 0 amide bonds. The first-order chi connectivity index (χ1) is 72.9. The number of benzene rings is 4. The minimum Gasteiger partial charge on any atom is -0.481 e. The summed E-state index contributed by atoms with van der Waals surface area (Å²) in [5.74, 6) is -2.04. The van der Waals surface area contributed by atoms with Gasteiger partial charge in [0.1, 0.15) is 47.2 Å². The van der Waals surface area contributed by atoms with Crippen LogP contribution in [0.1, 0.15) is 133 Å². The normalized spacial score (nSPS) is 11.4. The van der Waals surface area contributed by atoms with Crippen molar-refractivity contribution in [3.05, 3.63) is 162 Å². The zero-order valence-corrected chi connectivity index (χ0v) is 90.9. The summed E-state index contributed by atoms with van der Waals surface area (Å²) in [6.45, 7) is 13.2. The number of aromatic amines is 2. The fourth-order valence-electron chi connectivity index (χ4n) is 10.7. The molecule has 61 heteroatoms. The Morgan fingerprint density at radius 2 is 0.600 bits per heavy atom. The molecular formula is C89H116Br4F4N22O27S4. The number of H-pyrrole nitrogens is 2. The molecule has 0 aliphatic rings. The molecule has 0 atom stereocenters. The molecule has 4 aromatic carbocycles. The van der Waals surface area contributed by atoms with E-state index in [2.05, 4.69) is 160 Å². The third-order valence-corrected chi connectivity index (χ3v) is 24.6. The molecule has 6 aromatic heterocycles. The summed E-state index contributed by atoms with van der Waals surface area (Å²) in [5, 5.41) is 105. The lowest BCUT2D eigenvalue weighted by atomic mass is 10.1. The van der Waals surface area contributed by atoms with Crippen molar-refractivity contribution in [1.82, 2.24) is 94.0 Å². The number of aliphatic carboxylic acids is 2. The second kappa shape index (κ2) is 83.3. The lowest BCUT2D eigenvalue weighted by Gasteiger charge is -2.08. The molecule has 10 aromatic rings. The summed E-state index contributed by atoms with van der Waals surface area (Å²) in [6.07, 6.45) is 15.2. The number of nitrogens with one attached hydrogen (secondary N) is 6. The highest BCUT2D eigenvalue weighted by atomic mass is 79.9. The minimum atomic E-state index is -1.04. The van der Waals surface area contributed by atoms with Gasteiger partial charge in [-0.25, -0.2) is 56.0 Å². The van der Waals surface area contributed by atoms with Crippen molar-refractivity contribution < 1.29 is 148 Å². The lowest BCUT2D eigenvalue weighted by molar-refractivity contribution is -0.137. The van der Waals surface area contributed by atoms with Crippen LogP contribution in [-0.2, 0) is 80.9 Å². The monoisotopic (exact) mass is 2440 g/mol. The van der Waals surface area contributed by atoms with Gasteiger partial charge < -0.3 is 62.3 Å². The maximum atomic E-state index is 13.5. The van der Waals surface area contributed by atoms with Gasteiger partial charge in [0.25, 0.3) is 0 Å². The minimum absolute atomic E-state index is 0.0122. The number of rotatable bonds is 70. The Morgan fingerprint density at radius 1 is 0.320 bits per heavy atom. The third-order valence-electron chi connectivity index (χ3n) is 18.1. The second-order valence-electron chi connectivity index (χ2n) is 29.3. The van der Waals surface area contributed by atoms with E-state index < -0.39 is 35.2 Å². The summed E-state index contributed by atoms with van der Waals surface area (Å²) in [6, 6.07) is 16.4. The molecule has 12 N–H and O–H groups in total. The van der Waals surface area contributed by atoms with Gasteiger partial charge in [-0.15, -0.1) is 23.5 Å². The average molecular weight is 2450 g/mol. The average Bonchev–Trinajstić information content (AvgIpc) is 1.68. The number of aliphatic imine (C=N–C) groups is 4. The number of thioether (sulfide) groups is 4. The zero-order valence-electron chi connectivity index (χ0n) is 81.3. The smallest absolute Gasteiger partial charge is 0.313 e. The largest absolute Gasteiger partial charge is 0.481 e. The maximum absolute atomic E-state index is 13.5. The number of aromatic nitrogens is 14. The summed E-state index contributed by atoms with van der Waals surface area (Å²) < 4.78 is 133. The number of unbranched alkanes of at least 4 members (excludes halogenated alkanes) is 4. The van der Waals surface area contributed by atoms with E-state index in [4.69, 9.17) is 76.2 Å². The van der Waals surface area contributed by atoms with E-state index in [0.29, 0.717) is 241 Å². The van der Waals surface area contributed by atoms with Gasteiger partial charge in [-0.05, 0) is 228 Å². The molecule has 0 saturated carbocycles. The number of ether oxygens (including phenoxy) is 11. The number of Topliss-reactive ketones (excluding diaryl/α,β-unsaturated/α-hetero) is 4. The molecule has 0 aliphatic carbocycles. The number of hydroxylamine groups is 4. The lowest BCUT2D eigenvalue weighted by Crippen LogP contribution is -2.21. The Balaban J connectivity index is 0.000000352. The van der Waals surface area contributed by atoms with Crippen molar-refractivity contribution >= 4 is 192 Å². The van der Waals surface area contributed by atoms with Crippen molar-refractivity contribution in [2.75, 3.05) is 168 Å². The summed E-state index contributed by atoms with van der Waals surface area (Å²) in [4.78, 5) is 84.4. The van der Waals surface area contributed by atoms with E-state index in [-0.39, 0.29) is 122 Å². The quantitative estimate of drug-likeness (QED) is 0.00421. The number of halogens is 8. The third kappa shape index (κ3) is 59.6. The van der Waals surface area contributed by atoms with Crippen LogP contribution in [0.3, 0.4) is 0 Å². The number of carbonyl (C=O) groups excluding carboxylic acids is 4. The zero-order chi connectivity index (χ0) is 109. The Labute approximate surface area is 907 Å². The highest BCUT2D eigenvalue weighted by Crippen LogP contribution is 2.31. The van der Waals surface area contributed by atoms with Crippen LogP contribution in [0.25, 0.3) is 0 Å². The number of nitrogens with zero attached hydrogens (tertiary/aromatic N) is 16. The summed E-state index contributed by atoms with van der Waals surface area (Å²) in [5.41, 5.74) is 9.78. The van der Waals surface area contributed by atoms with E-state index >= 15 is 0 Å². The SMILES string of the molecule is CCC(=O)CCOCCOCCOCCOCCOCCOCCCC(=O)CSc1nonc1C(=Nc1ccc(F)c(Br)c1)NO.CCC(=O)COCCOCCOCCOCCOCCCC(=O)CCCCCSc1nonc1C(=Nc1ccc(F)c(Br)c1)NO.O=C(O)CCCCCSc1nonc1C(=Nc1ccc(F)c(Br)c1)NO.O=C(O)CSc1nonc1C(=Nc1ccc(F)c(Br)c1)NO.c1cn[nH]n1.c1cn[nH]n1. The molecule has 0 spiro atoms. The molecule has 0 radical (unpaired) electrons. The van der Waals surface area contributed by atoms with Crippen molar-refractivity contribution in [3.63, 3.8) is 0 Å². The van der Waals surface area contributed by atoms with Crippen LogP contribution in [0, 0.1) is 23.3 Å². The van der Waals surface area contributed by atoms with Gasteiger partial charge in [-0.2, -0.15) is 30.8 Å². The Hall–Kier alpha value is -10.3. The van der Waals surface area contributed by atoms with Crippen molar-refractivity contribution in [1.29, 1.82) is 0 Å². The van der Waals surface area contributed by atoms with Gasteiger partial charge in [-0.1, -0.05) is 50.2 Å². The molecule has 49 nitrogen and oxygen atoms in total. The van der Waals surface area contributed by atoms with Gasteiger partial charge in [0.2, 0.25) is 0 Å². The number of amidine groups is 4. The molecule has 0 saturated heterocycles. The van der Waals surface area contributed by atoms with Crippen molar-refractivity contribution in [2.24, 2.45) is 20.0 Å². The number of carboxylic acid groups (broad SMARTS) is 2. The van der Waals surface area contributed by atoms with Crippen LogP contribution in [-0.4, -0.2) is 330 Å². The standard InChI is InChI=1S/C30H44BrFN4O9S.C29H42BrFN4O10S.C15H16BrFN4O4S.C11H8BrFN4O4S.2C2H3N3/c1-2-24(37)22-44-19-18-43-17-16-42-15-14-41-13-12-40-11-6-8-25(38)7-4-3-5-20-46-30-28(35-45-36-30)29(34-39)33-23-9-10-27(32)26(31)21-23;1-2-23(36)7-9-40-11-13-42-15-17-44-19-18-43-16-14-41-12-10-39-8-3-4-24(37)21-46-29-27(34-45-35-29)28(33-38)32-22-5-6-26(31)25(30)20-22;16-10-8-9(5-6-11(10)17)18-14(19-24)13-15(21-25-20-13)26-7-3-1-2-4-12(22)23;12-6-3-5(1-2-7(6)13)14-10(15-20)9-11(17-21-16-9)22-4-8(18)19;2*1-2-4-5-3-1/h9-10,21,39H,2-8,11-20,22H2,1H3,(H,33,34);5-6,20,38H,2-4,7-19,21H2,1H3,(H,32,33);5-6,8,24H,1-4,7H2,(H,18,19)(H,22,23);1-3,20H,4H2,(H,14,15)(H,18,19);2*1-2H,(H,3,4,5). The molecule has 0 aliphatic heterocycles. The fourth-order valence-corrected chi connectivity index (χ4v) is 15.4. The number of carboxylic acids is 2. The van der Waals surface area contributed by atoms with Gasteiger partial charge in [0, 0.05) is 58.2 Å². The van der Waals surface area contributed by atoms with Crippen molar-refractivity contribution in [2.45, 2.75) is 130 Å². The van der Waals surface area contributed by atoms with Crippen LogP contribution in [0.15, 0.2) is 174 Å². The molecule has 0 bridgehead atoms. The molecule has 824 valence electrons. The Morgan fingerprint density at radius 3 is 0.887 bits per heavy atom. The van der Waals surface area contributed by atoms with Gasteiger partial charge in [0.05, 0.1) is 202 Å². The summed E-state index contributed by atoms with van der Waals surface area (Å²) in [7, 11) is 0. The van der Waals surface area contributed by atoms with E-state index in [1.807, 2.05) is 28.8 Å². The molecule has 0 fully saturated rings. The van der Waals surface area contributed by atoms with Crippen LogP contribution in [0.5, 0.6) is 0 Å².